The van der Waals surface area contributed by atoms with E-state index in [9.17, 15) is 8.42 Å². The maximum Gasteiger partial charge on any atom is 0.191 e. The van der Waals surface area contributed by atoms with Crippen LogP contribution in [0.2, 0.25) is 0 Å². The van der Waals surface area contributed by atoms with Crippen LogP contribution < -0.4 is 10.6 Å². The molecule has 1 aliphatic carbocycles. The molecule has 0 spiro atoms. The van der Waals surface area contributed by atoms with Gasteiger partial charge in [0.15, 0.2) is 5.96 Å². The van der Waals surface area contributed by atoms with Crippen LogP contribution >= 0.6 is 0 Å². The molecule has 0 saturated heterocycles. The fraction of sp³-hybridized carbons (Fsp3) is 0.769. The first-order chi connectivity index (χ1) is 9.51. The maximum atomic E-state index is 10.9. The van der Waals surface area contributed by atoms with E-state index < -0.39 is 9.84 Å². The summed E-state index contributed by atoms with van der Waals surface area (Å²) in [6.07, 6.45) is 7.58. The lowest BCUT2D eigenvalue weighted by atomic mass is 10.2. The van der Waals surface area contributed by atoms with Crippen LogP contribution in [0.3, 0.4) is 0 Å². The molecule has 0 heterocycles. The second-order valence-electron chi connectivity index (χ2n) is 4.79. The van der Waals surface area contributed by atoms with Crippen LogP contribution in [0.5, 0.6) is 0 Å². The molecule has 0 radical (unpaired) electrons. The predicted octanol–water partition coefficient (Wildman–Crippen LogP) is 0.321. The number of sulfone groups is 1. The molecule has 7 heteroatoms. The molecule has 0 saturated carbocycles. The van der Waals surface area contributed by atoms with Crippen LogP contribution in [0.4, 0.5) is 0 Å². The van der Waals surface area contributed by atoms with Crippen LogP contribution in [-0.2, 0) is 14.6 Å². The van der Waals surface area contributed by atoms with Crippen molar-refractivity contribution in [3.63, 3.8) is 0 Å². The Kier molecular flexibility index (Phi) is 7.61. The Morgan fingerprint density at radius 1 is 1.35 bits per heavy atom. The number of ether oxygens (including phenoxy) is 1. The van der Waals surface area contributed by atoms with E-state index in [4.69, 9.17) is 4.74 Å². The lowest BCUT2D eigenvalue weighted by molar-refractivity contribution is 0.157. The van der Waals surface area contributed by atoms with E-state index in [2.05, 4.69) is 27.8 Å². The van der Waals surface area contributed by atoms with Crippen molar-refractivity contribution < 1.29 is 13.2 Å². The molecule has 0 amide bonds. The monoisotopic (exact) mass is 303 g/mol. The van der Waals surface area contributed by atoms with Crippen LogP contribution in [0.1, 0.15) is 19.8 Å². The third-order valence-electron chi connectivity index (χ3n) is 2.80. The van der Waals surface area contributed by atoms with E-state index in [1.54, 1.807) is 0 Å². The van der Waals surface area contributed by atoms with Crippen molar-refractivity contribution in [2.24, 2.45) is 4.99 Å². The van der Waals surface area contributed by atoms with Crippen molar-refractivity contribution in [3.8, 4) is 0 Å². The largest absolute Gasteiger partial charge is 0.378 e. The normalized spacial score (nSPS) is 16.6. The summed E-state index contributed by atoms with van der Waals surface area (Å²) in [6.45, 7) is 3.99. The van der Waals surface area contributed by atoms with Crippen molar-refractivity contribution in [1.82, 2.24) is 10.6 Å². The summed E-state index contributed by atoms with van der Waals surface area (Å²) in [5.74, 6) is 0.843. The smallest absolute Gasteiger partial charge is 0.191 e. The van der Waals surface area contributed by atoms with Gasteiger partial charge in [-0.3, -0.25) is 4.99 Å². The average molecular weight is 303 g/mol. The van der Waals surface area contributed by atoms with Crippen LogP contribution in [-0.4, -0.2) is 58.7 Å². The molecule has 0 aromatic carbocycles. The highest BCUT2D eigenvalue weighted by atomic mass is 32.2. The van der Waals surface area contributed by atoms with Crippen molar-refractivity contribution in [1.29, 1.82) is 0 Å². The van der Waals surface area contributed by atoms with Gasteiger partial charge in [-0.05, 0) is 19.8 Å². The predicted molar refractivity (Wildman–Crippen MR) is 81.8 cm³/mol. The van der Waals surface area contributed by atoms with E-state index in [0.717, 1.165) is 25.3 Å². The van der Waals surface area contributed by atoms with Gasteiger partial charge in [-0.1, -0.05) is 12.2 Å². The lowest BCUT2D eigenvalue weighted by Gasteiger charge is -2.16. The molecule has 0 aliphatic heterocycles. The Morgan fingerprint density at radius 3 is 2.65 bits per heavy atom. The number of hydrogen-bond donors (Lipinski definition) is 2. The number of nitrogens with zero attached hydrogens (tertiary/aromatic N) is 1. The molecular weight excluding hydrogens is 278 g/mol. The van der Waals surface area contributed by atoms with Crippen molar-refractivity contribution in [2.45, 2.75) is 25.8 Å². The summed E-state index contributed by atoms with van der Waals surface area (Å²) in [5, 5.41) is 6.54. The zero-order valence-electron chi connectivity index (χ0n) is 12.3. The molecule has 1 aliphatic rings. The molecule has 0 aromatic rings. The molecule has 20 heavy (non-hydrogen) atoms. The molecule has 0 fully saturated rings. The number of rotatable bonds is 8. The molecule has 0 bridgehead atoms. The second kappa shape index (κ2) is 8.97. The average Bonchev–Trinajstić information content (AvgIpc) is 2.85. The highest BCUT2D eigenvalue weighted by molar-refractivity contribution is 7.90. The van der Waals surface area contributed by atoms with Gasteiger partial charge in [0.05, 0.1) is 25.5 Å². The fourth-order valence-corrected chi connectivity index (χ4v) is 2.20. The third kappa shape index (κ3) is 8.16. The van der Waals surface area contributed by atoms with E-state index in [0.29, 0.717) is 19.2 Å². The third-order valence-corrected chi connectivity index (χ3v) is 3.71. The Labute approximate surface area is 121 Å². The van der Waals surface area contributed by atoms with Gasteiger partial charge >= 0.3 is 0 Å². The van der Waals surface area contributed by atoms with Gasteiger partial charge in [0.1, 0.15) is 9.84 Å². The molecular formula is C13H25N3O3S. The molecule has 6 nitrogen and oxygen atoms in total. The summed E-state index contributed by atoms with van der Waals surface area (Å²) >= 11 is 0. The lowest BCUT2D eigenvalue weighted by Crippen LogP contribution is -2.42. The molecule has 0 unspecified atom stereocenters. The van der Waals surface area contributed by atoms with Crippen molar-refractivity contribution in [2.75, 3.05) is 38.3 Å². The van der Waals surface area contributed by atoms with Crippen LogP contribution in [0, 0.1) is 0 Å². The molecule has 1 rings (SSSR count). The van der Waals surface area contributed by atoms with Crippen LogP contribution in [0.15, 0.2) is 17.1 Å². The fourth-order valence-electron chi connectivity index (χ4n) is 1.78. The van der Waals surface area contributed by atoms with Gasteiger partial charge in [-0.15, -0.1) is 0 Å². The minimum absolute atomic E-state index is 0.0583. The minimum atomic E-state index is -2.94. The molecule has 0 atom stereocenters. The van der Waals surface area contributed by atoms with Gasteiger partial charge in [0, 0.05) is 18.8 Å². The Bertz CT molecular complexity index is 424. The first-order valence-electron chi connectivity index (χ1n) is 6.96. The maximum absolute atomic E-state index is 10.9. The standard InChI is InChI=1S/C13H25N3O3S/c1-3-14-13(16-12-6-4-5-7-12)15-8-9-19-10-11-20(2,17)18/h4-5,12H,3,6-11H2,1-2H3,(H2,14,15,16). The van der Waals surface area contributed by atoms with E-state index in [1.807, 2.05) is 6.92 Å². The number of hydrogen-bond acceptors (Lipinski definition) is 4. The first kappa shape index (κ1) is 17.0. The summed E-state index contributed by atoms with van der Waals surface area (Å²) in [7, 11) is -2.94. The second-order valence-corrected chi connectivity index (χ2v) is 7.05. The summed E-state index contributed by atoms with van der Waals surface area (Å²) in [6, 6.07) is 0.416. The number of aliphatic imine (C=N–C) groups is 1. The SMILES string of the molecule is CCNC(=NCCOCCS(C)(=O)=O)NC1CC=CC1. The van der Waals surface area contributed by atoms with E-state index in [-0.39, 0.29) is 12.4 Å². The number of nitrogens with one attached hydrogen (secondary N) is 2. The van der Waals surface area contributed by atoms with Crippen molar-refractivity contribution >= 4 is 15.8 Å². The van der Waals surface area contributed by atoms with Gasteiger partial charge in [0.2, 0.25) is 0 Å². The first-order valence-corrected chi connectivity index (χ1v) is 9.02. The van der Waals surface area contributed by atoms with Gasteiger partial charge in [0.25, 0.3) is 0 Å². The minimum Gasteiger partial charge on any atom is -0.378 e. The highest BCUT2D eigenvalue weighted by Gasteiger charge is 2.11. The van der Waals surface area contributed by atoms with Crippen molar-refractivity contribution in [3.05, 3.63) is 12.2 Å². The molecule has 116 valence electrons. The van der Waals surface area contributed by atoms with Gasteiger partial charge < -0.3 is 15.4 Å². The Morgan fingerprint density at radius 2 is 2.05 bits per heavy atom. The summed E-state index contributed by atoms with van der Waals surface area (Å²) in [5.41, 5.74) is 0. The summed E-state index contributed by atoms with van der Waals surface area (Å²) < 4.78 is 27.1. The highest BCUT2D eigenvalue weighted by Crippen LogP contribution is 2.08. The van der Waals surface area contributed by atoms with Gasteiger partial charge in [-0.25, -0.2) is 8.42 Å². The van der Waals surface area contributed by atoms with Crippen LogP contribution in [0.25, 0.3) is 0 Å². The van der Waals surface area contributed by atoms with E-state index >= 15 is 0 Å². The van der Waals surface area contributed by atoms with E-state index in [1.165, 1.54) is 6.26 Å². The Hall–Kier alpha value is -1.08. The molecule has 2 N–H and O–H groups in total. The zero-order chi connectivity index (χ0) is 14.8. The quantitative estimate of drug-likeness (QED) is 0.292. The topological polar surface area (TPSA) is 79.8 Å². The summed E-state index contributed by atoms with van der Waals surface area (Å²) in [4.78, 5) is 4.40. The Balaban J connectivity index is 2.21. The number of guanidine groups is 1. The zero-order valence-corrected chi connectivity index (χ0v) is 13.1. The van der Waals surface area contributed by atoms with Gasteiger partial charge in [-0.2, -0.15) is 0 Å². The molecule has 0 aromatic heterocycles.